The number of aliphatic carboxylic acids is 2. The average Bonchev–Trinajstić information content (AvgIpc) is 2.95. The van der Waals surface area contributed by atoms with Crippen LogP contribution in [0.4, 0.5) is 0 Å². The fraction of sp³-hybridized carbons (Fsp3) is 0.111. The van der Waals surface area contributed by atoms with Crippen LogP contribution in [0.5, 0.6) is 0 Å². The molecule has 0 aliphatic carbocycles. The summed E-state index contributed by atoms with van der Waals surface area (Å²) in [6.07, 6.45) is 0. The topological polar surface area (TPSA) is 126 Å². The summed E-state index contributed by atoms with van der Waals surface area (Å²) < 4.78 is 2.61. The zero-order chi connectivity index (χ0) is 19.4. The quantitative estimate of drug-likeness (QED) is 0.450. The summed E-state index contributed by atoms with van der Waals surface area (Å²) in [5.41, 5.74) is 4.21. The van der Waals surface area contributed by atoms with E-state index in [-0.39, 0.29) is 5.62 Å². The van der Waals surface area contributed by atoms with Crippen LogP contribution in [-0.2, 0) is 16.1 Å². The van der Waals surface area contributed by atoms with Crippen LogP contribution in [0.1, 0.15) is 10.4 Å². The van der Waals surface area contributed by atoms with Gasteiger partial charge in [0.25, 0.3) is 0 Å². The van der Waals surface area contributed by atoms with E-state index in [0.717, 1.165) is 10.1 Å². The summed E-state index contributed by atoms with van der Waals surface area (Å²) in [6.45, 7) is -0.164. The molecule has 0 saturated heterocycles. The van der Waals surface area contributed by atoms with Gasteiger partial charge in [0.2, 0.25) is 5.62 Å². The van der Waals surface area contributed by atoms with Crippen LogP contribution in [0.25, 0.3) is 11.0 Å². The average molecular weight is 368 g/mol. The number of para-hydroxylation sites is 2. The predicted octanol–water partition coefficient (Wildman–Crippen LogP) is 0.706. The number of hydrogen-bond donors (Lipinski definition) is 3. The third-order valence-electron chi connectivity index (χ3n) is 3.83. The van der Waals surface area contributed by atoms with Crippen LogP contribution in [0, 0.1) is 0 Å². The number of benzene rings is 2. The zero-order valence-electron chi connectivity index (χ0n) is 14.1. The molecule has 3 aromatic rings. The second-order valence-corrected chi connectivity index (χ2v) is 5.65. The van der Waals surface area contributed by atoms with Gasteiger partial charge < -0.3 is 14.8 Å². The van der Waals surface area contributed by atoms with Gasteiger partial charge in [-0.25, -0.2) is 9.36 Å². The largest absolute Gasteiger partial charge is 0.480 e. The van der Waals surface area contributed by atoms with E-state index >= 15 is 0 Å². The van der Waals surface area contributed by atoms with E-state index in [2.05, 4.69) is 10.5 Å². The number of rotatable bonds is 5. The number of nitrogens with one attached hydrogen (secondary N) is 1. The first-order valence-corrected chi connectivity index (χ1v) is 7.99. The van der Waals surface area contributed by atoms with E-state index in [4.69, 9.17) is 5.11 Å². The summed E-state index contributed by atoms with van der Waals surface area (Å²) in [7, 11) is 0. The molecular weight excluding hydrogens is 352 g/mol. The second-order valence-electron chi connectivity index (χ2n) is 5.65. The van der Waals surface area contributed by atoms with Crippen molar-refractivity contribution in [3.63, 3.8) is 0 Å². The molecule has 3 rings (SSSR count). The van der Waals surface area contributed by atoms with Gasteiger partial charge in [0, 0.05) is 0 Å². The summed E-state index contributed by atoms with van der Waals surface area (Å²) in [5.74, 6) is -3.97. The molecule has 9 nitrogen and oxygen atoms in total. The zero-order valence-corrected chi connectivity index (χ0v) is 14.1. The summed E-state index contributed by atoms with van der Waals surface area (Å²) in [4.78, 5) is 34.4. The van der Waals surface area contributed by atoms with Gasteiger partial charge in [0.1, 0.15) is 6.54 Å². The minimum Gasteiger partial charge on any atom is -0.480 e. The Morgan fingerprint density at radius 1 is 0.926 bits per heavy atom. The molecular formula is C18H16N4O5. The smallest absolute Gasteiger partial charge is 0.395 e. The van der Waals surface area contributed by atoms with Crippen molar-refractivity contribution in [3.8, 4) is 0 Å². The minimum absolute atomic E-state index is 0.00583. The van der Waals surface area contributed by atoms with Crippen LogP contribution >= 0.6 is 0 Å². The molecule has 0 aliphatic rings. The molecule has 2 aromatic carbocycles. The van der Waals surface area contributed by atoms with Crippen molar-refractivity contribution in [2.75, 3.05) is 6.54 Å². The number of fused-ring (bicyclic) bond motifs is 1. The van der Waals surface area contributed by atoms with Gasteiger partial charge in [-0.05, 0) is 17.7 Å². The lowest BCUT2D eigenvalue weighted by Gasteiger charge is -2.06. The molecule has 0 bridgehead atoms. The van der Waals surface area contributed by atoms with Crippen LogP contribution in [0.3, 0.4) is 0 Å². The predicted molar refractivity (Wildman–Crippen MR) is 94.9 cm³/mol. The van der Waals surface area contributed by atoms with Crippen molar-refractivity contribution in [2.24, 2.45) is 5.10 Å². The molecule has 1 aromatic heterocycles. The fourth-order valence-corrected chi connectivity index (χ4v) is 2.72. The Bertz CT molecular complexity index is 1080. The minimum atomic E-state index is -1.64. The molecule has 0 aliphatic heterocycles. The molecule has 138 valence electrons. The fourth-order valence-electron chi connectivity index (χ4n) is 2.72. The lowest BCUT2D eigenvalue weighted by atomic mass is 10.2. The van der Waals surface area contributed by atoms with E-state index in [1.165, 1.54) is 0 Å². The summed E-state index contributed by atoms with van der Waals surface area (Å²) in [5, 5.41) is 22.0. The molecule has 0 radical (unpaired) electrons. The molecule has 0 fully saturated rings. The Balaban J connectivity index is 2.26. The van der Waals surface area contributed by atoms with Crippen molar-refractivity contribution in [1.82, 2.24) is 14.6 Å². The molecule has 27 heavy (non-hydrogen) atoms. The van der Waals surface area contributed by atoms with Crippen LogP contribution in [-0.4, -0.2) is 43.7 Å². The van der Waals surface area contributed by atoms with E-state index in [1.54, 1.807) is 28.8 Å². The molecule has 9 heteroatoms. The number of carbonyl (C=O) groups excluding carboxylic acids is 1. The Labute approximate surface area is 152 Å². The van der Waals surface area contributed by atoms with E-state index < -0.39 is 24.4 Å². The number of carbonyl (C=O) groups is 3. The number of hydrogen-bond acceptors (Lipinski definition) is 5. The standard InChI is InChI=1S/C18H16N4O5/c23-15(24)10-19-20-18-21(11-12-6-2-1-3-7-12)13-8-4-5-9-14(13)22(18)16(25)17(26)27/h1-9,19H,10-11H2,(H,23,24)(H,26,27)/b20-18+. The van der Waals surface area contributed by atoms with Gasteiger partial charge >= 0.3 is 17.8 Å². The van der Waals surface area contributed by atoms with E-state index in [0.29, 0.717) is 17.6 Å². The first-order valence-electron chi connectivity index (χ1n) is 7.99. The SMILES string of the molecule is O=C(O)CN/N=c1\n(Cc2ccccc2)c2ccccc2n1C(=O)C(=O)O. The van der Waals surface area contributed by atoms with Crippen molar-refractivity contribution in [1.29, 1.82) is 0 Å². The van der Waals surface area contributed by atoms with E-state index in [9.17, 15) is 19.5 Å². The summed E-state index contributed by atoms with van der Waals surface area (Å²) >= 11 is 0. The van der Waals surface area contributed by atoms with Crippen LogP contribution < -0.4 is 11.0 Å². The Morgan fingerprint density at radius 3 is 2.19 bits per heavy atom. The highest BCUT2D eigenvalue weighted by molar-refractivity contribution is 6.33. The highest BCUT2D eigenvalue weighted by atomic mass is 16.4. The second kappa shape index (κ2) is 7.56. The van der Waals surface area contributed by atoms with Gasteiger partial charge in [-0.3, -0.25) is 15.0 Å². The molecule has 0 unspecified atom stereocenters. The van der Waals surface area contributed by atoms with Crippen molar-refractivity contribution >= 4 is 28.9 Å². The van der Waals surface area contributed by atoms with Gasteiger partial charge in [-0.2, -0.15) is 0 Å². The van der Waals surface area contributed by atoms with Gasteiger partial charge in [0.15, 0.2) is 0 Å². The number of aromatic nitrogens is 2. The molecule has 1 heterocycles. The van der Waals surface area contributed by atoms with Gasteiger partial charge in [0.05, 0.1) is 17.6 Å². The third-order valence-corrected chi connectivity index (χ3v) is 3.83. The molecule has 0 atom stereocenters. The lowest BCUT2D eigenvalue weighted by molar-refractivity contribution is -0.136. The number of carboxylic acids is 2. The number of carboxylic acid groups (broad SMARTS) is 2. The molecule has 3 N–H and O–H groups in total. The van der Waals surface area contributed by atoms with Crippen molar-refractivity contribution < 1.29 is 24.6 Å². The van der Waals surface area contributed by atoms with Gasteiger partial charge in [-0.1, -0.05) is 42.5 Å². The number of nitrogens with zero attached hydrogens (tertiary/aromatic N) is 3. The van der Waals surface area contributed by atoms with Crippen LogP contribution in [0.15, 0.2) is 59.7 Å². The maximum absolute atomic E-state index is 12.3. The van der Waals surface area contributed by atoms with E-state index in [1.807, 2.05) is 30.3 Å². The van der Waals surface area contributed by atoms with Crippen LogP contribution in [0.2, 0.25) is 0 Å². The third kappa shape index (κ3) is 3.71. The maximum Gasteiger partial charge on any atom is 0.395 e. The van der Waals surface area contributed by atoms with Crippen molar-refractivity contribution in [2.45, 2.75) is 6.54 Å². The Kier molecular flexibility index (Phi) is 5.02. The lowest BCUT2D eigenvalue weighted by Crippen LogP contribution is -2.36. The Hall–Kier alpha value is -3.88. The first kappa shape index (κ1) is 17.9. The maximum atomic E-state index is 12.3. The normalized spacial score (nSPS) is 11.5. The number of imidazole rings is 1. The molecule has 0 saturated carbocycles. The Morgan fingerprint density at radius 2 is 1.56 bits per heavy atom. The highest BCUT2D eigenvalue weighted by Crippen LogP contribution is 2.14. The summed E-state index contributed by atoms with van der Waals surface area (Å²) in [6, 6.07) is 16.1. The first-order chi connectivity index (χ1) is 13.0. The molecule has 0 amide bonds. The van der Waals surface area contributed by atoms with Crippen molar-refractivity contribution in [3.05, 3.63) is 65.8 Å². The monoisotopic (exact) mass is 368 g/mol. The van der Waals surface area contributed by atoms with Gasteiger partial charge in [-0.15, -0.1) is 5.10 Å². The highest BCUT2D eigenvalue weighted by Gasteiger charge is 2.22. The molecule has 0 spiro atoms.